The van der Waals surface area contributed by atoms with E-state index in [-0.39, 0.29) is 11.9 Å². The number of imidazole rings is 1. The lowest BCUT2D eigenvalue weighted by molar-refractivity contribution is -0.134. The first-order valence-electron chi connectivity index (χ1n) is 9.10. The number of aromatic amines is 1. The fourth-order valence-corrected chi connectivity index (χ4v) is 3.64. The predicted octanol–water partition coefficient (Wildman–Crippen LogP) is 1.07. The number of H-pyrrole nitrogens is 1. The maximum Gasteiger partial charge on any atom is 0.240 e. The Morgan fingerprint density at radius 2 is 2.15 bits per heavy atom. The number of carbonyl (C=O) groups is 1. The van der Waals surface area contributed by atoms with Gasteiger partial charge in [-0.1, -0.05) is 30.3 Å². The Morgan fingerprint density at radius 1 is 1.33 bits per heavy atom. The van der Waals surface area contributed by atoms with Crippen molar-refractivity contribution in [2.24, 2.45) is 5.73 Å². The van der Waals surface area contributed by atoms with Gasteiger partial charge in [0.2, 0.25) is 5.91 Å². The van der Waals surface area contributed by atoms with Crippen molar-refractivity contribution >= 4 is 5.91 Å². The molecule has 0 radical (unpaired) electrons. The van der Waals surface area contributed by atoms with Gasteiger partial charge in [0.1, 0.15) is 5.82 Å². The summed E-state index contributed by atoms with van der Waals surface area (Å²) in [5, 5.41) is 8.71. The molecule has 3 N–H and O–H groups in total. The van der Waals surface area contributed by atoms with Gasteiger partial charge in [-0.15, -0.1) is 10.2 Å². The third-order valence-electron chi connectivity index (χ3n) is 4.92. The van der Waals surface area contributed by atoms with Crippen LogP contribution in [-0.2, 0) is 24.2 Å². The number of hydrogen-bond donors (Lipinski definition) is 2. The molecular formula is C19H23N7O. The van der Waals surface area contributed by atoms with Crippen molar-refractivity contribution in [1.82, 2.24) is 29.6 Å². The molecule has 140 valence electrons. The summed E-state index contributed by atoms with van der Waals surface area (Å²) >= 11 is 0. The van der Waals surface area contributed by atoms with Gasteiger partial charge in [-0.3, -0.25) is 4.79 Å². The first-order valence-corrected chi connectivity index (χ1v) is 9.10. The summed E-state index contributed by atoms with van der Waals surface area (Å²) in [6.07, 6.45) is 4.45. The number of hydrogen-bond acceptors (Lipinski definition) is 5. The molecule has 0 bridgehead atoms. The SMILES string of the molecule is C[C@H]1CN(C(=O)[C@@H](N)Cc2cnc[nH]2)Cc2nnc(Cc3ccccc3)n21. The van der Waals surface area contributed by atoms with Crippen LogP contribution >= 0.6 is 0 Å². The predicted molar refractivity (Wildman–Crippen MR) is 99.7 cm³/mol. The van der Waals surface area contributed by atoms with Crippen molar-refractivity contribution in [1.29, 1.82) is 0 Å². The van der Waals surface area contributed by atoms with E-state index in [1.165, 1.54) is 5.56 Å². The molecule has 1 aromatic carbocycles. The zero-order valence-corrected chi connectivity index (χ0v) is 15.2. The van der Waals surface area contributed by atoms with Crippen molar-refractivity contribution in [2.45, 2.75) is 38.4 Å². The fourth-order valence-electron chi connectivity index (χ4n) is 3.64. The Bertz CT molecular complexity index is 904. The maximum atomic E-state index is 12.8. The summed E-state index contributed by atoms with van der Waals surface area (Å²) in [6, 6.07) is 9.71. The molecule has 0 fully saturated rings. The summed E-state index contributed by atoms with van der Waals surface area (Å²) in [4.78, 5) is 21.5. The van der Waals surface area contributed by atoms with Crippen LogP contribution in [0.15, 0.2) is 42.9 Å². The van der Waals surface area contributed by atoms with Crippen LogP contribution in [0.1, 0.15) is 35.9 Å². The number of amides is 1. The van der Waals surface area contributed by atoms with E-state index in [0.29, 0.717) is 19.5 Å². The number of nitrogens with two attached hydrogens (primary N) is 1. The van der Waals surface area contributed by atoms with Gasteiger partial charge < -0.3 is 20.2 Å². The topological polar surface area (TPSA) is 106 Å². The zero-order valence-electron chi connectivity index (χ0n) is 15.2. The van der Waals surface area contributed by atoms with Gasteiger partial charge in [0.15, 0.2) is 5.82 Å². The van der Waals surface area contributed by atoms with Gasteiger partial charge in [0, 0.05) is 31.3 Å². The summed E-state index contributed by atoms with van der Waals surface area (Å²) < 4.78 is 2.15. The van der Waals surface area contributed by atoms with E-state index >= 15 is 0 Å². The smallest absolute Gasteiger partial charge is 0.240 e. The van der Waals surface area contributed by atoms with E-state index in [4.69, 9.17) is 5.73 Å². The molecule has 27 heavy (non-hydrogen) atoms. The minimum Gasteiger partial charge on any atom is -0.348 e. The van der Waals surface area contributed by atoms with Gasteiger partial charge in [-0.05, 0) is 12.5 Å². The molecule has 0 unspecified atom stereocenters. The highest BCUT2D eigenvalue weighted by molar-refractivity contribution is 5.82. The molecule has 0 saturated heterocycles. The lowest BCUT2D eigenvalue weighted by atomic mass is 10.1. The minimum absolute atomic E-state index is 0.0738. The molecular weight excluding hydrogens is 342 g/mol. The second-order valence-electron chi connectivity index (χ2n) is 7.02. The Hall–Kier alpha value is -3.00. The van der Waals surface area contributed by atoms with Gasteiger partial charge >= 0.3 is 0 Å². The largest absolute Gasteiger partial charge is 0.348 e. The molecule has 2 atom stereocenters. The molecule has 2 aromatic heterocycles. The molecule has 1 aliphatic rings. The molecule has 0 aliphatic carbocycles. The maximum absolute atomic E-state index is 12.8. The molecule has 8 nitrogen and oxygen atoms in total. The summed E-state index contributed by atoms with van der Waals surface area (Å²) in [6.45, 7) is 3.12. The van der Waals surface area contributed by atoms with Crippen molar-refractivity contribution in [3.63, 3.8) is 0 Å². The van der Waals surface area contributed by atoms with E-state index in [1.807, 2.05) is 18.2 Å². The van der Waals surface area contributed by atoms with E-state index < -0.39 is 6.04 Å². The van der Waals surface area contributed by atoms with Crippen LogP contribution in [-0.4, -0.2) is 48.1 Å². The highest BCUT2D eigenvalue weighted by Gasteiger charge is 2.31. The number of rotatable bonds is 5. The van der Waals surface area contributed by atoms with E-state index in [9.17, 15) is 4.79 Å². The standard InChI is InChI=1S/C19H23N7O/c1-13-10-25(19(27)16(20)8-15-9-21-12-22-15)11-18-24-23-17(26(13)18)7-14-5-3-2-4-6-14/h2-6,9,12-13,16H,7-8,10-11,20H2,1H3,(H,21,22)/t13-,16-/m0/s1. The Balaban J connectivity index is 1.48. The van der Waals surface area contributed by atoms with Crippen LogP contribution in [0.2, 0.25) is 0 Å². The quantitative estimate of drug-likeness (QED) is 0.703. The summed E-state index contributed by atoms with van der Waals surface area (Å²) in [7, 11) is 0. The van der Waals surface area contributed by atoms with Gasteiger partial charge in [0.25, 0.3) is 0 Å². The Labute approximate surface area is 157 Å². The molecule has 0 spiro atoms. The normalized spacial score (nSPS) is 17.6. The van der Waals surface area contributed by atoms with Gasteiger partial charge in [-0.25, -0.2) is 4.98 Å². The summed E-state index contributed by atoms with van der Waals surface area (Å²) in [5.74, 6) is 1.66. The number of aromatic nitrogens is 5. The molecule has 8 heteroatoms. The van der Waals surface area contributed by atoms with Gasteiger partial charge in [0.05, 0.1) is 25.0 Å². The molecule has 0 saturated carbocycles. The van der Waals surface area contributed by atoms with Crippen LogP contribution < -0.4 is 5.73 Å². The monoisotopic (exact) mass is 365 g/mol. The van der Waals surface area contributed by atoms with E-state index in [0.717, 1.165) is 23.8 Å². The van der Waals surface area contributed by atoms with E-state index in [2.05, 4.69) is 43.8 Å². The van der Waals surface area contributed by atoms with Crippen LogP contribution in [0, 0.1) is 0 Å². The van der Waals surface area contributed by atoms with Crippen molar-refractivity contribution in [3.05, 3.63) is 65.8 Å². The van der Waals surface area contributed by atoms with Crippen molar-refractivity contribution < 1.29 is 4.79 Å². The third-order valence-corrected chi connectivity index (χ3v) is 4.92. The second-order valence-corrected chi connectivity index (χ2v) is 7.02. The molecule has 1 amide bonds. The van der Waals surface area contributed by atoms with Crippen LogP contribution in [0.4, 0.5) is 0 Å². The Kier molecular flexibility index (Phi) is 4.72. The number of nitrogens with one attached hydrogen (secondary N) is 1. The average Bonchev–Trinajstić information content (AvgIpc) is 3.32. The fraction of sp³-hybridized carbons (Fsp3) is 0.368. The number of benzene rings is 1. The average molecular weight is 365 g/mol. The minimum atomic E-state index is -0.601. The summed E-state index contributed by atoms with van der Waals surface area (Å²) in [5.41, 5.74) is 8.18. The Morgan fingerprint density at radius 3 is 2.89 bits per heavy atom. The van der Waals surface area contributed by atoms with Crippen LogP contribution in [0.3, 0.4) is 0 Å². The van der Waals surface area contributed by atoms with Crippen molar-refractivity contribution in [3.8, 4) is 0 Å². The second kappa shape index (κ2) is 7.32. The van der Waals surface area contributed by atoms with Crippen molar-refractivity contribution in [2.75, 3.05) is 6.54 Å². The number of nitrogens with zero attached hydrogens (tertiary/aromatic N) is 5. The first-order chi connectivity index (χ1) is 13.1. The van der Waals surface area contributed by atoms with Crippen LogP contribution in [0.25, 0.3) is 0 Å². The lowest BCUT2D eigenvalue weighted by Gasteiger charge is -2.34. The van der Waals surface area contributed by atoms with Crippen LogP contribution in [0.5, 0.6) is 0 Å². The lowest BCUT2D eigenvalue weighted by Crippen LogP contribution is -2.49. The molecule has 3 aromatic rings. The number of carbonyl (C=O) groups excluding carboxylic acids is 1. The first kappa shape index (κ1) is 17.4. The van der Waals surface area contributed by atoms with E-state index in [1.54, 1.807) is 17.4 Å². The number of fused-ring (bicyclic) bond motifs is 1. The third kappa shape index (κ3) is 3.61. The highest BCUT2D eigenvalue weighted by atomic mass is 16.2. The van der Waals surface area contributed by atoms with Gasteiger partial charge in [-0.2, -0.15) is 0 Å². The molecule has 4 rings (SSSR count). The molecule has 1 aliphatic heterocycles. The molecule has 3 heterocycles. The zero-order chi connectivity index (χ0) is 18.8. The highest BCUT2D eigenvalue weighted by Crippen LogP contribution is 2.23.